The van der Waals surface area contributed by atoms with Crippen LogP contribution in [0.2, 0.25) is 0 Å². The van der Waals surface area contributed by atoms with E-state index in [9.17, 15) is 9.59 Å². The molecule has 0 saturated carbocycles. The molecule has 1 N–H and O–H groups in total. The van der Waals surface area contributed by atoms with E-state index in [-0.39, 0.29) is 19.1 Å². The highest BCUT2D eigenvalue weighted by atomic mass is 16.6. The Morgan fingerprint density at radius 3 is 2.12 bits per heavy atom. The van der Waals surface area contributed by atoms with E-state index in [1.165, 1.54) is 0 Å². The zero-order valence-corrected chi connectivity index (χ0v) is 10.5. The summed E-state index contributed by atoms with van der Waals surface area (Å²) in [5, 5.41) is 2.81. The molecule has 5 nitrogen and oxygen atoms in total. The molecular weight excluding hydrogens is 222 g/mol. The van der Waals surface area contributed by atoms with Crippen LogP contribution in [0.3, 0.4) is 0 Å². The number of rotatable bonds is 5. The third-order valence-corrected chi connectivity index (χ3v) is 2.83. The SMILES string of the molecule is CCOC(=O)C1(C(=O)OCC)NC=CC1CC. The quantitative estimate of drug-likeness (QED) is 0.574. The van der Waals surface area contributed by atoms with Gasteiger partial charge in [-0.2, -0.15) is 0 Å². The summed E-state index contributed by atoms with van der Waals surface area (Å²) in [7, 11) is 0. The second kappa shape index (κ2) is 5.70. The molecule has 0 saturated heterocycles. The smallest absolute Gasteiger partial charge is 0.344 e. The topological polar surface area (TPSA) is 64.6 Å². The average Bonchev–Trinajstić information content (AvgIpc) is 2.74. The van der Waals surface area contributed by atoms with Crippen molar-refractivity contribution in [1.29, 1.82) is 0 Å². The van der Waals surface area contributed by atoms with Gasteiger partial charge in [0.05, 0.1) is 13.2 Å². The fourth-order valence-corrected chi connectivity index (χ4v) is 1.98. The molecular formula is C12H19NO4. The van der Waals surface area contributed by atoms with E-state index in [1.807, 2.05) is 6.92 Å². The Bertz CT molecular complexity index is 306. The molecule has 0 amide bonds. The predicted molar refractivity (Wildman–Crippen MR) is 62.1 cm³/mol. The molecule has 0 fully saturated rings. The molecule has 1 rings (SSSR count). The summed E-state index contributed by atoms with van der Waals surface area (Å²) in [5.41, 5.74) is -1.40. The van der Waals surface area contributed by atoms with E-state index in [1.54, 1.807) is 26.1 Å². The van der Waals surface area contributed by atoms with Crippen LogP contribution in [0.4, 0.5) is 0 Å². The number of nitrogens with one attached hydrogen (secondary N) is 1. The van der Waals surface area contributed by atoms with Gasteiger partial charge in [-0.1, -0.05) is 13.0 Å². The zero-order chi connectivity index (χ0) is 12.9. The molecule has 1 aliphatic rings. The number of hydrogen-bond donors (Lipinski definition) is 1. The lowest BCUT2D eigenvalue weighted by Gasteiger charge is -2.30. The van der Waals surface area contributed by atoms with E-state index < -0.39 is 17.5 Å². The van der Waals surface area contributed by atoms with Crippen LogP contribution in [0.15, 0.2) is 12.3 Å². The summed E-state index contributed by atoms with van der Waals surface area (Å²) < 4.78 is 9.97. The van der Waals surface area contributed by atoms with Gasteiger partial charge in [0.2, 0.25) is 5.54 Å². The van der Waals surface area contributed by atoms with Gasteiger partial charge in [-0.05, 0) is 26.5 Å². The van der Waals surface area contributed by atoms with E-state index in [0.717, 1.165) is 0 Å². The van der Waals surface area contributed by atoms with Crippen LogP contribution in [-0.4, -0.2) is 30.7 Å². The molecule has 1 heterocycles. The molecule has 0 aromatic heterocycles. The van der Waals surface area contributed by atoms with Crippen LogP contribution in [0.5, 0.6) is 0 Å². The highest BCUT2D eigenvalue weighted by Crippen LogP contribution is 2.30. The third-order valence-electron chi connectivity index (χ3n) is 2.83. The first-order valence-corrected chi connectivity index (χ1v) is 5.92. The number of esters is 2. The van der Waals surface area contributed by atoms with Gasteiger partial charge in [0.25, 0.3) is 0 Å². The third kappa shape index (κ3) is 2.28. The maximum absolute atomic E-state index is 12.0. The van der Waals surface area contributed by atoms with Crippen molar-refractivity contribution < 1.29 is 19.1 Å². The van der Waals surface area contributed by atoms with Crippen molar-refractivity contribution >= 4 is 11.9 Å². The molecule has 5 heteroatoms. The number of hydrogen-bond acceptors (Lipinski definition) is 5. The molecule has 1 aliphatic heterocycles. The maximum Gasteiger partial charge on any atom is 0.344 e. The summed E-state index contributed by atoms with van der Waals surface area (Å²) >= 11 is 0. The van der Waals surface area contributed by atoms with E-state index >= 15 is 0 Å². The molecule has 0 aromatic carbocycles. The monoisotopic (exact) mass is 241 g/mol. The summed E-state index contributed by atoms with van der Waals surface area (Å²) in [5.74, 6) is -1.38. The van der Waals surface area contributed by atoms with Crippen LogP contribution in [0.25, 0.3) is 0 Å². The number of ether oxygens (including phenoxy) is 2. The Morgan fingerprint density at radius 2 is 1.71 bits per heavy atom. The van der Waals surface area contributed by atoms with Crippen LogP contribution in [0, 0.1) is 5.92 Å². The number of carbonyl (C=O) groups excluding carboxylic acids is 2. The van der Waals surface area contributed by atoms with Gasteiger partial charge in [0.15, 0.2) is 0 Å². The Labute approximate surface area is 101 Å². The predicted octanol–water partition coefficient (Wildman–Crippen LogP) is 0.994. The van der Waals surface area contributed by atoms with E-state index in [0.29, 0.717) is 6.42 Å². The van der Waals surface area contributed by atoms with Crippen LogP contribution in [0.1, 0.15) is 27.2 Å². The van der Waals surface area contributed by atoms with Crippen molar-refractivity contribution in [2.45, 2.75) is 32.7 Å². The molecule has 1 atom stereocenters. The normalized spacial score (nSPS) is 20.8. The standard InChI is InChI=1S/C12H19NO4/c1-4-9-7-8-13-12(9,10(14)16-5-2)11(15)17-6-3/h7-9,13H,4-6H2,1-3H3. The minimum absolute atomic E-state index is 0.234. The van der Waals surface area contributed by atoms with Gasteiger partial charge in [-0.15, -0.1) is 0 Å². The lowest BCUT2D eigenvalue weighted by Crippen LogP contribution is -2.59. The Hall–Kier alpha value is -1.52. The molecule has 0 bridgehead atoms. The minimum atomic E-state index is -1.40. The molecule has 0 aliphatic carbocycles. The Balaban J connectivity index is 3.00. The van der Waals surface area contributed by atoms with Crippen molar-refractivity contribution in [2.24, 2.45) is 5.92 Å². The lowest BCUT2D eigenvalue weighted by molar-refractivity contribution is -0.167. The molecule has 96 valence electrons. The van der Waals surface area contributed by atoms with Gasteiger partial charge < -0.3 is 14.8 Å². The molecule has 0 aromatic rings. The van der Waals surface area contributed by atoms with Crippen molar-refractivity contribution in [1.82, 2.24) is 5.32 Å². The van der Waals surface area contributed by atoms with Crippen molar-refractivity contribution in [3.8, 4) is 0 Å². The fourth-order valence-electron chi connectivity index (χ4n) is 1.98. The molecule has 0 radical (unpaired) electrons. The second-order valence-electron chi connectivity index (χ2n) is 3.77. The zero-order valence-electron chi connectivity index (χ0n) is 10.5. The molecule has 17 heavy (non-hydrogen) atoms. The van der Waals surface area contributed by atoms with E-state index in [2.05, 4.69) is 5.32 Å². The Kier molecular flexibility index (Phi) is 4.54. The maximum atomic E-state index is 12.0. The highest BCUT2D eigenvalue weighted by molar-refractivity contribution is 6.06. The van der Waals surface area contributed by atoms with Crippen molar-refractivity contribution in [3.05, 3.63) is 12.3 Å². The molecule has 0 spiro atoms. The molecule has 1 unspecified atom stereocenters. The minimum Gasteiger partial charge on any atom is -0.464 e. The lowest BCUT2D eigenvalue weighted by atomic mass is 9.84. The van der Waals surface area contributed by atoms with Gasteiger partial charge in [0.1, 0.15) is 0 Å². The average molecular weight is 241 g/mol. The van der Waals surface area contributed by atoms with Gasteiger partial charge >= 0.3 is 11.9 Å². The fraction of sp³-hybridized carbons (Fsp3) is 0.667. The number of carbonyl (C=O) groups is 2. The first-order chi connectivity index (χ1) is 8.13. The summed E-state index contributed by atoms with van der Waals surface area (Å²) in [6.07, 6.45) is 4.07. The van der Waals surface area contributed by atoms with Crippen molar-refractivity contribution in [3.63, 3.8) is 0 Å². The van der Waals surface area contributed by atoms with Gasteiger partial charge in [-0.25, -0.2) is 9.59 Å². The van der Waals surface area contributed by atoms with Crippen LogP contribution >= 0.6 is 0 Å². The first kappa shape index (κ1) is 13.5. The Morgan fingerprint density at radius 1 is 1.18 bits per heavy atom. The summed E-state index contributed by atoms with van der Waals surface area (Å²) in [4.78, 5) is 24.1. The van der Waals surface area contributed by atoms with Gasteiger partial charge in [0, 0.05) is 5.92 Å². The second-order valence-corrected chi connectivity index (χ2v) is 3.77. The van der Waals surface area contributed by atoms with Crippen LogP contribution in [-0.2, 0) is 19.1 Å². The van der Waals surface area contributed by atoms with Crippen LogP contribution < -0.4 is 5.32 Å². The van der Waals surface area contributed by atoms with Gasteiger partial charge in [-0.3, -0.25) is 0 Å². The highest BCUT2D eigenvalue weighted by Gasteiger charge is 2.55. The first-order valence-electron chi connectivity index (χ1n) is 5.92. The largest absolute Gasteiger partial charge is 0.464 e. The summed E-state index contributed by atoms with van der Waals surface area (Å²) in [6, 6.07) is 0. The van der Waals surface area contributed by atoms with E-state index in [4.69, 9.17) is 9.47 Å². The summed E-state index contributed by atoms with van der Waals surface area (Å²) in [6.45, 7) is 5.80. The van der Waals surface area contributed by atoms with Crippen molar-refractivity contribution in [2.75, 3.05) is 13.2 Å².